The molecular weight excluding hydrogens is 219 g/mol. The largest absolute Gasteiger partial charge is 0.323 e. The van der Waals surface area contributed by atoms with Gasteiger partial charge in [-0.1, -0.05) is 26.0 Å². The zero-order valence-electron chi connectivity index (χ0n) is 10.5. The first-order chi connectivity index (χ1) is 8.06. The standard InChI is InChI=1S/C13H19FN2O/c1-9(2)10(8-15-3)13(17)16-12-7-5-4-6-11(12)14/h4-7,9-10,15H,8H2,1-3H3,(H,16,17). The van der Waals surface area contributed by atoms with Crippen LogP contribution in [0, 0.1) is 17.7 Å². The number of amides is 1. The number of carbonyl (C=O) groups is 1. The van der Waals surface area contributed by atoms with E-state index in [1.165, 1.54) is 6.07 Å². The summed E-state index contributed by atoms with van der Waals surface area (Å²) in [4.78, 5) is 12.0. The number of benzene rings is 1. The summed E-state index contributed by atoms with van der Waals surface area (Å²) in [7, 11) is 1.80. The van der Waals surface area contributed by atoms with Gasteiger partial charge in [0.15, 0.2) is 0 Å². The third-order valence-electron chi connectivity index (χ3n) is 2.70. The van der Waals surface area contributed by atoms with Crippen LogP contribution in [0.15, 0.2) is 24.3 Å². The molecule has 0 aromatic heterocycles. The molecule has 1 unspecified atom stereocenters. The van der Waals surface area contributed by atoms with Gasteiger partial charge in [0.25, 0.3) is 0 Å². The van der Waals surface area contributed by atoms with E-state index in [-0.39, 0.29) is 23.4 Å². The molecule has 1 rings (SSSR count). The molecule has 0 saturated carbocycles. The van der Waals surface area contributed by atoms with Crippen LogP contribution in [-0.4, -0.2) is 19.5 Å². The fourth-order valence-electron chi connectivity index (χ4n) is 1.64. The second-order valence-corrected chi connectivity index (χ2v) is 4.38. The highest BCUT2D eigenvalue weighted by Gasteiger charge is 2.21. The number of anilines is 1. The molecule has 1 amide bonds. The predicted octanol–water partition coefficient (Wildman–Crippen LogP) is 2.26. The van der Waals surface area contributed by atoms with Crippen molar-refractivity contribution in [2.24, 2.45) is 11.8 Å². The van der Waals surface area contributed by atoms with E-state index in [9.17, 15) is 9.18 Å². The molecule has 1 aromatic rings. The summed E-state index contributed by atoms with van der Waals surface area (Å²) >= 11 is 0. The fourth-order valence-corrected chi connectivity index (χ4v) is 1.64. The van der Waals surface area contributed by atoms with Crippen LogP contribution in [0.3, 0.4) is 0 Å². The maximum Gasteiger partial charge on any atom is 0.229 e. The summed E-state index contributed by atoms with van der Waals surface area (Å²) in [5, 5.41) is 5.60. The molecule has 94 valence electrons. The molecule has 0 heterocycles. The predicted molar refractivity (Wildman–Crippen MR) is 67.3 cm³/mol. The molecule has 0 radical (unpaired) electrons. The molecule has 0 fully saturated rings. The highest BCUT2D eigenvalue weighted by Crippen LogP contribution is 2.16. The van der Waals surface area contributed by atoms with Crippen LogP contribution >= 0.6 is 0 Å². The molecule has 0 aliphatic heterocycles. The van der Waals surface area contributed by atoms with E-state index in [0.29, 0.717) is 6.54 Å². The Kier molecular flexibility index (Phi) is 5.10. The van der Waals surface area contributed by atoms with E-state index in [0.717, 1.165) is 0 Å². The number of hydrogen-bond acceptors (Lipinski definition) is 2. The van der Waals surface area contributed by atoms with Gasteiger partial charge in [-0.2, -0.15) is 0 Å². The van der Waals surface area contributed by atoms with Gasteiger partial charge in [-0.3, -0.25) is 4.79 Å². The zero-order valence-corrected chi connectivity index (χ0v) is 10.5. The summed E-state index contributed by atoms with van der Waals surface area (Å²) in [5.41, 5.74) is 0.235. The van der Waals surface area contributed by atoms with Crippen molar-refractivity contribution >= 4 is 11.6 Å². The van der Waals surface area contributed by atoms with E-state index >= 15 is 0 Å². The Labute approximate surface area is 101 Å². The number of nitrogens with one attached hydrogen (secondary N) is 2. The van der Waals surface area contributed by atoms with E-state index in [2.05, 4.69) is 10.6 Å². The van der Waals surface area contributed by atoms with Gasteiger partial charge in [0, 0.05) is 6.54 Å². The van der Waals surface area contributed by atoms with Gasteiger partial charge in [-0.15, -0.1) is 0 Å². The van der Waals surface area contributed by atoms with E-state index in [4.69, 9.17) is 0 Å². The molecule has 0 saturated heterocycles. The molecule has 0 aliphatic carbocycles. The zero-order chi connectivity index (χ0) is 12.8. The molecule has 0 aliphatic rings. The van der Waals surface area contributed by atoms with Gasteiger partial charge in [0.2, 0.25) is 5.91 Å². The van der Waals surface area contributed by atoms with Gasteiger partial charge in [-0.05, 0) is 25.1 Å². The lowest BCUT2D eigenvalue weighted by Crippen LogP contribution is -2.34. The third kappa shape index (κ3) is 3.82. The van der Waals surface area contributed by atoms with Crippen LogP contribution in [0.1, 0.15) is 13.8 Å². The first-order valence-electron chi connectivity index (χ1n) is 5.76. The lowest BCUT2D eigenvalue weighted by atomic mass is 9.95. The molecule has 2 N–H and O–H groups in total. The van der Waals surface area contributed by atoms with Crippen molar-refractivity contribution in [3.8, 4) is 0 Å². The Morgan fingerprint density at radius 3 is 2.53 bits per heavy atom. The molecule has 1 atom stereocenters. The topological polar surface area (TPSA) is 41.1 Å². The van der Waals surface area contributed by atoms with Crippen molar-refractivity contribution in [3.63, 3.8) is 0 Å². The van der Waals surface area contributed by atoms with Crippen LogP contribution in [0.4, 0.5) is 10.1 Å². The van der Waals surface area contributed by atoms with Crippen molar-refractivity contribution in [1.82, 2.24) is 5.32 Å². The highest BCUT2D eigenvalue weighted by atomic mass is 19.1. The third-order valence-corrected chi connectivity index (χ3v) is 2.70. The summed E-state index contributed by atoms with van der Waals surface area (Å²) in [6, 6.07) is 6.18. The van der Waals surface area contributed by atoms with E-state index < -0.39 is 5.82 Å². The number of carbonyl (C=O) groups excluding carboxylic acids is 1. The average Bonchev–Trinajstić information content (AvgIpc) is 2.28. The Bertz CT molecular complexity index is 379. The van der Waals surface area contributed by atoms with Gasteiger partial charge in [0.05, 0.1) is 11.6 Å². The number of rotatable bonds is 5. The molecule has 0 spiro atoms. The minimum absolute atomic E-state index is 0.153. The minimum atomic E-state index is -0.409. The van der Waals surface area contributed by atoms with E-state index in [1.807, 2.05) is 13.8 Å². The second-order valence-electron chi connectivity index (χ2n) is 4.38. The molecule has 17 heavy (non-hydrogen) atoms. The number of para-hydroxylation sites is 1. The van der Waals surface area contributed by atoms with Crippen LogP contribution < -0.4 is 10.6 Å². The first-order valence-corrected chi connectivity index (χ1v) is 5.76. The van der Waals surface area contributed by atoms with Gasteiger partial charge in [-0.25, -0.2) is 4.39 Å². The Hall–Kier alpha value is -1.42. The maximum absolute atomic E-state index is 13.4. The summed E-state index contributed by atoms with van der Waals surface area (Å²) in [5.74, 6) is -0.527. The number of hydrogen-bond donors (Lipinski definition) is 2. The van der Waals surface area contributed by atoms with Crippen LogP contribution in [-0.2, 0) is 4.79 Å². The molecule has 3 nitrogen and oxygen atoms in total. The Balaban J connectivity index is 2.73. The van der Waals surface area contributed by atoms with Crippen molar-refractivity contribution < 1.29 is 9.18 Å². The molecule has 4 heteroatoms. The number of halogens is 1. The smallest absolute Gasteiger partial charge is 0.229 e. The van der Waals surface area contributed by atoms with Crippen molar-refractivity contribution in [2.45, 2.75) is 13.8 Å². The highest BCUT2D eigenvalue weighted by molar-refractivity contribution is 5.92. The lowest BCUT2D eigenvalue weighted by Gasteiger charge is -2.19. The quantitative estimate of drug-likeness (QED) is 0.826. The summed E-state index contributed by atoms with van der Waals surface area (Å²) in [6.07, 6.45) is 0. The summed E-state index contributed by atoms with van der Waals surface area (Å²) in [6.45, 7) is 4.53. The Morgan fingerprint density at radius 1 is 1.35 bits per heavy atom. The van der Waals surface area contributed by atoms with Gasteiger partial charge < -0.3 is 10.6 Å². The first kappa shape index (κ1) is 13.6. The lowest BCUT2D eigenvalue weighted by molar-refractivity contribution is -0.121. The fraction of sp³-hybridized carbons (Fsp3) is 0.462. The second kappa shape index (κ2) is 6.35. The summed E-state index contributed by atoms with van der Waals surface area (Å²) < 4.78 is 13.4. The van der Waals surface area contributed by atoms with Crippen LogP contribution in [0.25, 0.3) is 0 Å². The normalized spacial score (nSPS) is 12.5. The maximum atomic E-state index is 13.4. The van der Waals surface area contributed by atoms with E-state index in [1.54, 1.807) is 25.2 Å². The van der Waals surface area contributed by atoms with Crippen molar-refractivity contribution in [3.05, 3.63) is 30.1 Å². The SMILES string of the molecule is CNCC(C(=O)Nc1ccccc1F)C(C)C. The Morgan fingerprint density at radius 2 is 2.00 bits per heavy atom. The van der Waals surface area contributed by atoms with Gasteiger partial charge >= 0.3 is 0 Å². The average molecular weight is 238 g/mol. The van der Waals surface area contributed by atoms with Crippen molar-refractivity contribution in [2.75, 3.05) is 18.9 Å². The van der Waals surface area contributed by atoms with Crippen LogP contribution in [0.5, 0.6) is 0 Å². The molecule has 1 aromatic carbocycles. The van der Waals surface area contributed by atoms with Gasteiger partial charge in [0.1, 0.15) is 5.82 Å². The molecule has 0 bridgehead atoms. The van der Waals surface area contributed by atoms with Crippen molar-refractivity contribution in [1.29, 1.82) is 0 Å². The van der Waals surface area contributed by atoms with Crippen LogP contribution in [0.2, 0.25) is 0 Å². The minimum Gasteiger partial charge on any atom is -0.323 e. The monoisotopic (exact) mass is 238 g/mol. The molecular formula is C13H19FN2O.